The summed E-state index contributed by atoms with van der Waals surface area (Å²) >= 11 is 5.97. The normalized spacial score (nSPS) is 30.3. The zero-order valence-electron chi connectivity index (χ0n) is 12.9. The summed E-state index contributed by atoms with van der Waals surface area (Å²) in [6.45, 7) is 7.80. The number of carbonyl (C=O) groups is 1. The van der Waals surface area contributed by atoms with Crippen molar-refractivity contribution in [2.75, 3.05) is 11.9 Å². The third-order valence-electron chi connectivity index (χ3n) is 4.75. The van der Waals surface area contributed by atoms with Gasteiger partial charge in [0.25, 0.3) is 0 Å². The summed E-state index contributed by atoms with van der Waals surface area (Å²) in [5.41, 5.74) is 1.35. The van der Waals surface area contributed by atoms with Gasteiger partial charge >= 0.3 is 6.03 Å². The number of amides is 2. The van der Waals surface area contributed by atoms with Crippen LogP contribution in [0, 0.1) is 10.8 Å². The van der Waals surface area contributed by atoms with Gasteiger partial charge in [-0.1, -0.05) is 38.4 Å². The van der Waals surface area contributed by atoms with Crippen molar-refractivity contribution in [1.29, 1.82) is 0 Å². The van der Waals surface area contributed by atoms with E-state index in [1.54, 1.807) is 6.07 Å². The van der Waals surface area contributed by atoms with E-state index < -0.39 is 0 Å². The van der Waals surface area contributed by atoms with Crippen LogP contribution in [0.3, 0.4) is 0 Å². The van der Waals surface area contributed by atoms with Crippen LogP contribution in [0.25, 0.3) is 0 Å². The van der Waals surface area contributed by atoms with Crippen molar-refractivity contribution in [2.45, 2.75) is 46.1 Å². The molecule has 1 heterocycles. The average molecular weight is 307 g/mol. The molecule has 1 aromatic rings. The fraction of sp³-hybridized carbons (Fsp3) is 0.588. The summed E-state index contributed by atoms with van der Waals surface area (Å²) in [6.07, 6.45) is 3.41. The summed E-state index contributed by atoms with van der Waals surface area (Å²) in [7, 11) is 0. The molecule has 1 saturated carbocycles. The second-order valence-electron chi connectivity index (χ2n) is 7.78. The van der Waals surface area contributed by atoms with E-state index in [0.717, 1.165) is 25.1 Å². The van der Waals surface area contributed by atoms with E-state index in [1.807, 2.05) is 23.1 Å². The first-order chi connectivity index (χ1) is 9.76. The number of hydrogen-bond acceptors (Lipinski definition) is 1. The Bertz CT molecular complexity index is 572. The number of likely N-dealkylation sites (tertiary alicyclic amines) is 1. The highest BCUT2D eigenvalue weighted by molar-refractivity contribution is 6.30. The highest BCUT2D eigenvalue weighted by atomic mass is 35.5. The predicted octanol–water partition coefficient (Wildman–Crippen LogP) is 4.77. The smallest absolute Gasteiger partial charge is 0.321 e. The summed E-state index contributed by atoms with van der Waals surface area (Å²) < 4.78 is 0. The van der Waals surface area contributed by atoms with Crippen molar-refractivity contribution < 1.29 is 4.79 Å². The molecule has 21 heavy (non-hydrogen) atoms. The Morgan fingerprint density at radius 2 is 2.10 bits per heavy atom. The molecule has 3 rings (SSSR count). The van der Waals surface area contributed by atoms with Crippen LogP contribution >= 0.6 is 11.6 Å². The van der Waals surface area contributed by atoms with E-state index in [4.69, 9.17) is 11.6 Å². The average Bonchev–Trinajstić information content (AvgIpc) is 2.58. The van der Waals surface area contributed by atoms with E-state index in [1.165, 1.54) is 6.42 Å². The van der Waals surface area contributed by atoms with Crippen molar-refractivity contribution >= 4 is 23.3 Å². The Morgan fingerprint density at radius 1 is 1.33 bits per heavy atom. The lowest BCUT2D eigenvalue weighted by Gasteiger charge is -2.39. The summed E-state index contributed by atoms with van der Waals surface area (Å²) in [4.78, 5) is 14.6. The van der Waals surface area contributed by atoms with Crippen LogP contribution in [-0.2, 0) is 0 Å². The molecule has 114 valence electrons. The third-order valence-corrected chi connectivity index (χ3v) is 4.99. The minimum Gasteiger partial charge on any atom is -0.321 e. The van der Waals surface area contributed by atoms with E-state index in [0.29, 0.717) is 16.5 Å². The van der Waals surface area contributed by atoms with Crippen molar-refractivity contribution in [3.05, 3.63) is 29.3 Å². The van der Waals surface area contributed by atoms with Crippen LogP contribution in [0.15, 0.2) is 24.3 Å². The van der Waals surface area contributed by atoms with Gasteiger partial charge in [-0.05, 0) is 48.3 Å². The monoisotopic (exact) mass is 306 g/mol. The summed E-state index contributed by atoms with van der Waals surface area (Å²) in [6, 6.07) is 7.68. The molecule has 1 aliphatic carbocycles. The van der Waals surface area contributed by atoms with Crippen molar-refractivity contribution in [2.24, 2.45) is 10.8 Å². The van der Waals surface area contributed by atoms with Gasteiger partial charge in [-0.2, -0.15) is 0 Å². The first kappa shape index (κ1) is 14.7. The Hall–Kier alpha value is -1.22. The fourth-order valence-corrected chi connectivity index (χ4v) is 4.65. The summed E-state index contributed by atoms with van der Waals surface area (Å²) in [5, 5.41) is 3.62. The lowest BCUT2D eigenvalue weighted by molar-refractivity contribution is 0.130. The quantitative estimate of drug-likeness (QED) is 0.796. The Kier molecular flexibility index (Phi) is 3.44. The molecule has 1 aromatic carbocycles. The molecule has 0 spiro atoms. The molecule has 0 unspecified atom stereocenters. The van der Waals surface area contributed by atoms with Crippen LogP contribution in [0.5, 0.6) is 0 Å². The number of hydrogen-bond donors (Lipinski definition) is 1. The van der Waals surface area contributed by atoms with E-state index in [-0.39, 0.29) is 11.4 Å². The first-order valence-corrected chi connectivity index (χ1v) is 7.97. The van der Waals surface area contributed by atoms with Gasteiger partial charge in [0.05, 0.1) is 0 Å². The maximum atomic E-state index is 12.6. The van der Waals surface area contributed by atoms with Gasteiger partial charge < -0.3 is 10.2 Å². The molecule has 2 amide bonds. The molecular weight excluding hydrogens is 284 g/mol. The number of benzene rings is 1. The Labute approximate surface area is 131 Å². The SMILES string of the molecule is CC1(C)C[C@H]2C[C@](C)(CN2C(=O)Nc2cccc(Cl)c2)C1. The van der Waals surface area contributed by atoms with Gasteiger partial charge in [0.1, 0.15) is 0 Å². The van der Waals surface area contributed by atoms with Gasteiger partial charge in [-0.3, -0.25) is 0 Å². The second-order valence-corrected chi connectivity index (χ2v) is 8.22. The predicted molar refractivity (Wildman–Crippen MR) is 86.7 cm³/mol. The van der Waals surface area contributed by atoms with Crippen molar-refractivity contribution in [1.82, 2.24) is 4.90 Å². The van der Waals surface area contributed by atoms with Crippen LogP contribution in [0.1, 0.15) is 40.0 Å². The molecule has 2 fully saturated rings. The number of nitrogens with one attached hydrogen (secondary N) is 1. The minimum atomic E-state index is 0.00342. The maximum Gasteiger partial charge on any atom is 0.322 e. The zero-order valence-corrected chi connectivity index (χ0v) is 13.7. The third kappa shape index (κ3) is 3.03. The number of urea groups is 1. The highest BCUT2D eigenvalue weighted by Gasteiger charge is 2.50. The van der Waals surface area contributed by atoms with Gasteiger partial charge in [0.15, 0.2) is 0 Å². The lowest BCUT2D eigenvalue weighted by Crippen LogP contribution is -2.40. The topological polar surface area (TPSA) is 32.3 Å². The van der Waals surface area contributed by atoms with Gasteiger partial charge in [-0.15, -0.1) is 0 Å². The molecule has 2 atom stereocenters. The number of carbonyl (C=O) groups excluding carboxylic acids is 1. The number of halogens is 1. The van der Waals surface area contributed by atoms with E-state index in [2.05, 4.69) is 26.1 Å². The van der Waals surface area contributed by atoms with Crippen LogP contribution in [0.4, 0.5) is 10.5 Å². The lowest BCUT2D eigenvalue weighted by atomic mass is 9.65. The van der Waals surface area contributed by atoms with Crippen LogP contribution < -0.4 is 5.32 Å². The molecule has 2 aliphatic rings. The number of rotatable bonds is 1. The molecule has 3 nitrogen and oxygen atoms in total. The first-order valence-electron chi connectivity index (χ1n) is 7.60. The Morgan fingerprint density at radius 3 is 2.81 bits per heavy atom. The number of nitrogens with zero attached hydrogens (tertiary/aromatic N) is 1. The maximum absolute atomic E-state index is 12.6. The van der Waals surface area contributed by atoms with E-state index in [9.17, 15) is 4.79 Å². The van der Waals surface area contributed by atoms with E-state index >= 15 is 0 Å². The van der Waals surface area contributed by atoms with Gasteiger partial charge in [0.2, 0.25) is 0 Å². The van der Waals surface area contributed by atoms with Crippen LogP contribution in [-0.4, -0.2) is 23.5 Å². The second kappa shape index (κ2) is 4.91. The fourth-order valence-electron chi connectivity index (χ4n) is 4.46. The zero-order chi connectivity index (χ0) is 15.3. The molecule has 1 N–H and O–H groups in total. The molecular formula is C17H23ClN2O. The van der Waals surface area contributed by atoms with Crippen molar-refractivity contribution in [3.8, 4) is 0 Å². The Balaban J connectivity index is 1.74. The molecule has 1 saturated heterocycles. The van der Waals surface area contributed by atoms with Crippen molar-refractivity contribution in [3.63, 3.8) is 0 Å². The summed E-state index contributed by atoms with van der Waals surface area (Å²) in [5.74, 6) is 0. The molecule has 2 bridgehead atoms. The van der Waals surface area contributed by atoms with Crippen LogP contribution in [0.2, 0.25) is 5.02 Å². The van der Waals surface area contributed by atoms with Gasteiger partial charge in [-0.25, -0.2) is 4.79 Å². The number of anilines is 1. The molecule has 4 heteroatoms. The van der Waals surface area contributed by atoms with Gasteiger partial charge in [0, 0.05) is 23.3 Å². The molecule has 0 aromatic heterocycles. The standard InChI is InChI=1S/C17H23ClN2O/c1-16(2)8-14-9-17(3,10-16)11-20(14)15(21)19-13-6-4-5-12(18)7-13/h4-7,14H,8-11H2,1-3H3,(H,19,21)/t14-,17-/m0/s1. The number of fused-ring (bicyclic) bond motifs is 2. The largest absolute Gasteiger partial charge is 0.322 e. The highest BCUT2D eigenvalue weighted by Crippen LogP contribution is 2.52. The molecule has 1 aliphatic heterocycles. The molecule has 0 radical (unpaired) electrons. The minimum absolute atomic E-state index is 0.00342.